The Labute approximate surface area is 111 Å². The third-order valence-corrected chi connectivity index (χ3v) is 3.65. The highest BCUT2D eigenvalue weighted by Gasteiger charge is 2.49. The summed E-state index contributed by atoms with van der Waals surface area (Å²) in [4.78, 5) is 0. The molecule has 1 aliphatic heterocycles. The Bertz CT molecular complexity index is 305. The highest BCUT2D eigenvalue weighted by atomic mass is 16.7. The van der Waals surface area contributed by atoms with Gasteiger partial charge in [-0.3, -0.25) is 0 Å². The first-order valence-corrected chi connectivity index (χ1v) is 6.58. The molecule has 1 N–H and O–H groups in total. The molecule has 0 bridgehead atoms. The molecule has 0 radical (unpaired) electrons. The molecule has 1 aliphatic rings. The molecule has 3 nitrogen and oxygen atoms in total. The van der Waals surface area contributed by atoms with Crippen LogP contribution in [0, 0.1) is 5.92 Å². The minimum absolute atomic E-state index is 0.105. The van der Waals surface area contributed by atoms with Gasteiger partial charge in [0.15, 0.2) is 0 Å². The maximum atomic E-state index is 8.65. The molecule has 1 fully saturated rings. The first-order valence-electron chi connectivity index (χ1n) is 6.58. The van der Waals surface area contributed by atoms with Crippen LogP contribution in [0.4, 0.5) is 0 Å². The summed E-state index contributed by atoms with van der Waals surface area (Å²) in [5.41, 5.74) is -0.552. The molecule has 18 heavy (non-hydrogen) atoms. The van der Waals surface area contributed by atoms with Crippen molar-refractivity contribution in [1.82, 2.24) is 0 Å². The maximum Gasteiger partial charge on any atom is 0.486 e. The summed E-state index contributed by atoms with van der Waals surface area (Å²) in [6, 6.07) is 0. The van der Waals surface area contributed by atoms with E-state index >= 15 is 0 Å². The van der Waals surface area contributed by atoms with E-state index < -0.39 is 0 Å². The van der Waals surface area contributed by atoms with Gasteiger partial charge in [-0.2, -0.15) is 0 Å². The van der Waals surface area contributed by atoms with Crippen molar-refractivity contribution in [3.8, 4) is 0 Å². The lowest BCUT2D eigenvalue weighted by molar-refractivity contribution is 0.00578. The van der Waals surface area contributed by atoms with Crippen molar-refractivity contribution in [3.63, 3.8) is 0 Å². The van der Waals surface area contributed by atoms with Gasteiger partial charge in [0.05, 0.1) is 17.8 Å². The third kappa shape index (κ3) is 3.97. The number of aliphatic hydroxyl groups is 1. The lowest BCUT2D eigenvalue weighted by Crippen LogP contribution is -2.41. The number of rotatable bonds is 5. The summed E-state index contributed by atoms with van der Waals surface area (Å²) >= 11 is 0. The van der Waals surface area contributed by atoms with E-state index in [1.165, 1.54) is 0 Å². The summed E-state index contributed by atoms with van der Waals surface area (Å²) in [5.74, 6) is 2.39. The van der Waals surface area contributed by atoms with Gasteiger partial charge in [0, 0.05) is 0 Å². The summed E-state index contributed by atoms with van der Waals surface area (Å²) < 4.78 is 11.7. The van der Waals surface area contributed by atoms with E-state index in [0.29, 0.717) is 5.92 Å². The van der Waals surface area contributed by atoms with E-state index in [4.69, 9.17) is 14.4 Å². The van der Waals surface area contributed by atoms with Crippen LogP contribution in [0.5, 0.6) is 0 Å². The van der Waals surface area contributed by atoms with Gasteiger partial charge in [0.25, 0.3) is 0 Å². The van der Waals surface area contributed by atoms with Crippen LogP contribution in [0.1, 0.15) is 41.0 Å². The molecule has 0 aromatic heterocycles. The van der Waals surface area contributed by atoms with Crippen LogP contribution in [-0.4, -0.2) is 30.0 Å². The van der Waals surface area contributed by atoms with E-state index in [2.05, 4.69) is 13.0 Å². The first kappa shape index (κ1) is 15.5. The van der Waals surface area contributed by atoms with Gasteiger partial charge in [-0.25, -0.2) is 0 Å². The predicted octanol–water partition coefficient (Wildman–Crippen LogP) is 2.75. The molecule has 0 saturated carbocycles. The molecule has 1 heterocycles. The van der Waals surface area contributed by atoms with Crippen LogP contribution < -0.4 is 0 Å². The van der Waals surface area contributed by atoms with Crippen LogP contribution in [0.15, 0.2) is 24.2 Å². The molecular formula is C14H25BO3. The molecule has 4 heteroatoms. The molecule has 1 rings (SSSR count). The van der Waals surface area contributed by atoms with Gasteiger partial charge in [-0.05, 0) is 40.0 Å². The summed E-state index contributed by atoms with van der Waals surface area (Å²) in [6.07, 6.45) is 6.76. The molecule has 0 unspecified atom stereocenters. The zero-order chi connectivity index (χ0) is 13.8. The first-order chi connectivity index (χ1) is 8.28. The lowest BCUT2D eigenvalue weighted by Gasteiger charge is -2.32. The van der Waals surface area contributed by atoms with Gasteiger partial charge >= 0.3 is 7.12 Å². The second-order valence-corrected chi connectivity index (χ2v) is 5.88. The van der Waals surface area contributed by atoms with E-state index in [-0.39, 0.29) is 24.9 Å². The molecular weight excluding hydrogens is 227 g/mol. The number of hydrogen-bond donors (Lipinski definition) is 1. The second kappa shape index (κ2) is 6.05. The van der Waals surface area contributed by atoms with Crippen LogP contribution in [0.25, 0.3) is 0 Å². The van der Waals surface area contributed by atoms with E-state index in [9.17, 15) is 0 Å². The summed E-state index contributed by atoms with van der Waals surface area (Å²) in [6.45, 7) is 10.4. The Morgan fingerprint density at radius 2 is 1.67 bits per heavy atom. The fourth-order valence-corrected chi connectivity index (χ4v) is 1.71. The average Bonchev–Trinajstić information content (AvgIpc) is 2.45. The standard InChI is InChI=1S/C14H25BO3/c1-12(8-6-7-11-16)9-10-15-17-13(2,3)14(4,5)18-15/h6-7,9-10,12,16H,8,11H2,1-5H3/b7-6+,10-9+/t12-/m0/s1. The fraction of sp³-hybridized carbons (Fsp3) is 0.714. The molecule has 1 saturated heterocycles. The highest BCUT2D eigenvalue weighted by molar-refractivity contribution is 6.51. The fourth-order valence-electron chi connectivity index (χ4n) is 1.71. The zero-order valence-corrected chi connectivity index (χ0v) is 12.1. The predicted molar refractivity (Wildman–Crippen MR) is 75.2 cm³/mol. The Morgan fingerprint density at radius 1 is 1.11 bits per heavy atom. The molecule has 102 valence electrons. The van der Waals surface area contributed by atoms with Crippen molar-refractivity contribution in [3.05, 3.63) is 24.2 Å². The topological polar surface area (TPSA) is 38.7 Å². The van der Waals surface area contributed by atoms with E-state index in [1.54, 1.807) is 6.08 Å². The molecule has 1 atom stereocenters. The largest absolute Gasteiger partial charge is 0.486 e. The minimum atomic E-state index is -0.276. The van der Waals surface area contributed by atoms with Gasteiger partial charge in [0.2, 0.25) is 0 Å². The Kier molecular flexibility index (Phi) is 5.20. The van der Waals surface area contributed by atoms with E-state index in [1.807, 2.05) is 39.7 Å². The monoisotopic (exact) mass is 252 g/mol. The van der Waals surface area contributed by atoms with Gasteiger partial charge in [-0.15, -0.1) is 0 Å². The molecule has 0 aromatic carbocycles. The van der Waals surface area contributed by atoms with Crippen LogP contribution in [0.2, 0.25) is 0 Å². The molecule has 0 aromatic rings. The number of allylic oxidation sites excluding steroid dienone is 2. The van der Waals surface area contributed by atoms with Gasteiger partial charge < -0.3 is 14.4 Å². The normalized spacial score (nSPS) is 24.2. The van der Waals surface area contributed by atoms with Crippen LogP contribution >= 0.6 is 0 Å². The van der Waals surface area contributed by atoms with E-state index in [0.717, 1.165) is 6.42 Å². The molecule has 0 spiro atoms. The van der Waals surface area contributed by atoms with Crippen molar-refractivity contribution in [2.75, 3.05) is 6.61 Å². The van der Waals surface area contributed by atoms with Gasteiger partial charge in [-0.1, -0.05) is 31.1 Å². The molecule has 0 aliphatic carbocycles. The molecule has 0 amide bonds. The van der Waals surface area contributed by atoms with Crippen LogP contribution in [-0.2, 0) is 9.31 Å². The number of aliphatic hydroxyl groups excluding tert-OH is 1. The SMILES string of the molecule is C[C@H](/C=C/B1OC(C)(C)C(C)(C)O1)C/C=C/CO. The van der Waals surface area contributed by atoms with Gasteiger partial charge in [0.1, 0.15) is 0 Å². The summed E-state index contributed by atoms with van der Waals surface area (Å²) in [5, 5.41) is 8.65. The Morgan fingerprint density at radius 3 is 2.17 bits per heavy atom. The van der Waals surface area contributed by atoms with Crippen LogP contribution in [0.3, 0.4) is 0 Å². The Balaban J connectivity index is 2.47. The smallest absolute Gasteiger partial charge is 0.400 e. The quantitative estimate of drug-likeness (QED) is 0.604. The highest BCUT2D eigenvalue weighted by Crippen LogP contribution is 2.36. The zero-order valence-electron chi connectivity index (χ0n) is 12.1. The average molecular weight is 252 g/mol. The van der Waals surface area contributed by atoms with Crippen molar-refractivity contribution in [2.45, 2.75) is 52.2 Å². The third-order valence-electron chi connectivity index (χ3n) is 3.65. The second-order valence-electron chi connectivity index (χ2n) is 5.88. The van der Waals surface area contributed by atoms with Crippen molar-refractivity contribution < 1.29 is 14.4 Å². The lowest BCUT2D eigenvalue weighted by atomic mass is 9.88. The van der Waals surface area contributed by atoms with Crippen molar-refractivity contribution in [1.29, 1.82) is 0 Å². The number of hydrogen-bond acceptors (Lipinski definition) is 3. The summed E-state index contributed by atoms with van der Waals surface area (Å²) in [7, 11) is -0.265. The Hall–Kier alpha value is -0.575. The van der Waals surface area contributed by atoms with Crippen molar-refractivity contribution in [2.24, 2.45) is 5.92 Å². The minimum Gasteiger partial charge on any atom is -0.400 e. The van der Waals surface area contributed by atoms with Crippen molar-refractivity contribution >= 4 is 7.12 Å². The maximum absolute atomic E-state index is 8.65.